The molecule has 4 heteroatoms. The van der Waals surface area contributed by atoms with Crippen molar-refractivity contribution in [3.63, 3.8) is 0 Å². The minimum Gasteiger partial charge on any atom is -0.357 e. The molecule has 30 heavy (non-hydrogen) atoms. The van der Waals surface area contributed by atoms with Crippen LogP contribution in [0.4, 0.5) is 5.69 Å². The predicted octanol–water partition coefficient (Wildman–Crippen LogP) is 6.62. The van der Waals surface area contributed by atoms with Crippen LogP contribution in [0.2, 0.25) is 0 Å². The molecule has 4 nitrogen and oxygen atoms in total. The molecule has 1 fully saturated rings. The van der Waals surface area contributed by atoms with E-state index in [0.717, 1.165) is 5.69 Å². The molecular weight excluding hydrogens is 374 g/mol. The summed E-state index contributed by atoms with van der Waals surface area (Å²) in [4.78, 5) is 11.2. The van der Waals surface area contributed by atoms with E-state index >= 15 is 0 Å². The Labute approximate surface area is 176 Å². The third kappa shape index (κ3) is 3.21. The van der Waals surface area contributed by atoms with Crippen molar-refractivity contribution >= 4 is 38.0 Å². The van der Waals surface area contributed by atoms with Gasteiger partial charge in [-0.05, 0) is 46.8 Å². The van der Waals surface area contributed by atoms with Crippen molar-refractivity contribution in [3.05, 3.63) is 66.7 Å². The number of anilines is 1. The molecule has 0 bridgehead atoms. The second-order valence-electron chi connectivity index (χ2n) is 8.91. The number of benzene rings is 4. The summed E-state index contributed by atoms with van der Waals surface area (Å²) >= 11 is 0. The van der Waals surface area contributed by atoms with Gasteiger partial charge in [-0.1, -0.05) is 74.5 Å². The number of hydrogen-bond donors (Lipinski definition) is 1. The van der Waals surface area contributed by atoms with Gasteiger partial charge in [-0.15, -0.1) is 0 Å². The highest BCUT2D eigenvalue weighted by Gasteiger charge is 2.41. The molecule has 1 aliphatic heterocycles. The molecule has 2 atom stereocenters. The summed E-state index contributed by atoms with van der Waals surface area (Å²) in [5.74, 6) is 0.185. The van der Waals surface area contributed by atoms with Gasteiger partial charge in [0.05, 0.1) is 0 Å². The van der Waals surface area contributed by atoms with Crippen LogP contribution in [0.3, 0.4) is 0 Å². The lowest BCUT2D eigenvalue weighted by Crippen LogP contribution is -2.54. The van der Waals surface area contributed by atoms with Crippen LogP contribution in [0.15, 0.2) is 66.7 Å². The molecule has 0 spiro atoms. The van der Waals surface area contributed by atoms with Crippen LogP contribution in [0, 0.1) is 5.92 Å². The highest BCUT2D eigenvalue weighted by molar-refractivity contribution is 6.20. The fourth-order valence-electron chi connectivity index (χ4n) is 4.15. The first-order valence-electron chi connectivity index (χ1n) is 10.5. The Balaban J connectivity index is 1.65. The van der Waals surface area contributed by atoms with Crippen LogP contribution in [0.25, 0.3) is 32.3 Å². The first kappa shape index (κ1) is 19.3. The zero-order valence-corrected chi connectivity index (χ0v) is 17.8. The van der Waals surface area contributed by atoms with Gasteiger partial charge in [0, 0.05) is 17.0 Å². The quantitative estimate of drug-likeness (QED) is 0.309. The van der Waals surface area contributed by atoms with Crippen LogP contribution in [0.1, 0.15) is 27.7 Å². The van der Waals surface area contributed by atoms with Gasteiger partial charge in [-0.25, -0.2) is 9.78 Å². The van der Waals surface area contributed by atoms with E-state index in [4.69, 9.17) is 14.5 Å². The molecule has 5 rings (SSSR count). The maximum Gasteiger partial charge on any atom is 0.196 e. The summed E-state index contributed by atoms with van der Waals surface area (Å²) in [6.07, 6.45) is -0.758. The second kappa shape index (κ2) is 7.24. The largest absolute Gasteiger partial charge is 0.357 e. The second-order valence-corrected chi connectivity index (χ2v) is 8.91. The smallest absolute Gasteiger partial charge is 0.196 e. The molecular formula is C26H27NO3. The summed E-state index contributed by atoms with van der Waals surface area (Å²) in [5.41, 5.74) is 0.393. The molecule has 4 aromatic rings. The van der Waals surface area contributed by atoms with E-state index in [0.29, 0.717) is 0 Å². The Kier molecular flexibility index (Phi) is 4.66. The SMILES string of the molecule is CC(C)C1OOC(C)(C)C(Nc2cccc3ccc4c5ccccc5ccc4c23)O1. The monoisotopic (exact) mass is 401 g/mol. The van der Waals surface area contributed by atoms with Crippen LogP contribution in [-0.2, 0) is 14.5 Å². The van der Waals surface area contributed by atoms with Gasteiger partial charge in [-0.2, -0.15) is 0 Å². The maximum atomic E-state index is 6.24. The number of ether oxygens (including phenoxy) is 1. The average molecular weight is 402 g/mol. The zero-order chi connectivity index (χ0) is 20.9. The summed E-state index contributed by atoms with van der Waals surface area (Å²) in [5, 5.41) is 11.0. The topological polar surface area (TPSA) is 39.7 Å². The molecule has 1 N–H and O–H groups in total. The summed E-state index contributed by atoms with van der Waals surface area (Å²) in [6.45, 7) is 8.05. The molecule has 0 aliphatic carbocycles. The third-order valence-electron chi connectivity index (χ3n) is 5.86. The van der Waals surface area contributed by atoms with E-state index in [1.807, 2.05) is 13.8 Å². The Morgan fingerprint density at radius 3 is 2.37 bits per heavy atom. The van der Waals surface area contributed by atoms with E-state index in [1.165, 1.54) is 32.3 Å². The van der Waals surface area contributed by atoms with Gasteiger partial charge in [0.1, 0.15) is 5.60 Å². The Hall–Kier alpha value is -2.66. The Bertz CT molecular complexity index is 1230. The van der Waals surface area contributed by atoms with Gasteiger partial charge in [0.25, 0.3) is 0 Å². The van der Waals surface area contributed by atoms with Gasteiger partial charge in [-0.3, -0.25) is 0 Å². The molecule has 1 saturated heterocycles. The number of nitrogens with one attached hydrogen (secondary N) is 1. The molecule has 0 saturated carbocycles. The van der Waals surface area contributed by atoms with E-state index in [-0.39, 0.29) is 12.1 Å². The first-order valence-corrected chi connectivity index (χ1v) is 10.5. The maximum absolute atomic E-state index is 6.24. The Morgan fingerprint density at radius 2 is 1.53 bits per heavy atom. The van der Waals surface area contributed by atoms with Gasteiger partial charge in [0.2, 0.25) is 0 Å². The first-order chi connectivity index (χ1) is 14.4. The number of hydrogen-bond acceptors (Lipinski definition) is 4. The minimum atomic E-state index is -0.634. The normalized spacial score (nSPS) is 21.5. The van der Waals surface area contributed by atoms with Gasteiger partial charge in [0.15, 0.2) is 12.5 Å². The molecule has 0 amide bonds. The zero-order valence-electron chi connectivity index (χ0n) is 17.8. The van der Waals surface area contributed by atoms with E-state index in [1.54, 1.807) is 0 Å². The molecule has 4 aromatic carbocycles. The summed E-state index contributed by atoms with van der Waals surface area (Å²) < 4.78 is 6.24. The highest BCUT2D eigenvalue weighted by atomic mass is 17.2. The van der Waals surface area contributed by atoms with Crippen molar-refractivity contribution in [1.82, 2.24) is 0 Å². The molecule has 0 radical (unpaired) electrons. The molecule has 0 aromatic heterocycles. The third-order valence-corrected chi connectivity index (χ3v) is 5.86. The van der Waals surface area contributed by atoms with Crippen LogP contribution in [0.5, 0.6) is 0 Å². The van der Waals surface area contributed by atoms with Crippen molar-refractivity contribution in [3.8, 4) is 0 Å². The number of rotatable bonds is 3. The van der Waals surface area contributed by atoms with Crippen LogP contribution >= 0.6 is 0 Å². The summed E-state index contributed by atoms with van der Waals surface area (Å²) in [7, 11) is 0. The minimum absolute atomic E-state index is 0.185. The van der Waals surface area contributed by atoms with Crippen molar-refractivity contribution < 1.29 is 14.5 Å². The van der Waals surface area contributed by atoms with Crippen LogP contribution < -0.4 is 5.32 Å². The lowest BCUT2D eigenvalue weighted by atomic mass is 9.96. The fraction of sp³-hybridized carbons (Fsp3) is 0.308. The van der Waals surface area contributed by atoms with Crippen LogP contribution in [-0.4, -0.2) is 18.1 Å². The van der Waals surface area contributed by atoms with Crippen molar-refractivity contribution in [2.45, 2.75) is 45.8 Å². The molecule has 2 unspecified atom stereocenters. The lowest BCUT2D eigenvalue weighted by molar-refractivity contribution is -0.485. The van der Waals surface area contributed by atoms with E-state index < -0.39 is 11.9 Å². The van der Waals surface area contributed by atoms with Gasteiger partial charge >= 0.3 is 0 Å². The van der Waals surface area contributed by atoms with Crippen molar-refractivity contribution in [1.29, 1.82) is 0 Å². The summed E-state index contributed by atoms with van der Waals surface area (Å²) in [6, 6.07) is 23.7. The molecule has 1 aliphatic rings. The fourth-order valence-corrected chi connectivity index (χ4v) is 4.15. The van der Waals surface area contributed by atoms with Gasteiger partial charge < -0.3 is 10.1 Å². The van der Waals surface area contributed by atoms with E-state index in [2.05, 4.69) is 85.9 Å². The standard InChI is InChI=1S/C26H27NO3/c1-16(2)24-28-25(26(3,4)30-29-24)27-22-11-7-9-18-13-14-20-19-10-6-5-8-17(19)12-15-21(20)23(18)22/h5-16,24-25,27H,1-4H3. The van der Waals surface area contributed by atoms with E-state index in [9.17, 15) is 0 Å². The highest BCUT2D eigenvalue weighted by Crippen LogP contribution is 2.37. The molecule has 1 heterocycles. The molecule has 154 valence electrons. The number of fused-ring (bicyclic) bond motifs is 5. The predicted molar refractivity (Wildman–Crippen MR) is 122 cm³/mol. The van der Waals surface area contributed by atoms with Crippen molar-refractivity contribution in [2.75, 3.05) is 5.32 Å². The van der Waals surface area contributed by atoms with Crippen molar-refractivity contribution in [2.24, 2.45) is 5.92 Å². The average Bonchev–Trinajstić information content (AvgIpc) is 2.74. The Morgan fingerprint density at radius 1 is 0.800 bits per heavy atom. The lowest BCUT2D eigenvalue weighted by Gasteiger charge is -2.42.